The Balaban J connectivity index is 2.38. The van der Waals surface area contributed by atoms with E-state index in [1.54, 1.807) is 0 Å². The van der Waals surface area contributed by atoms with Crippen LogP contribution >= 0.6 is 11.6 Å². The maximum Gasteiger partial charge on any atom is 0.258 e. The molecule has 0 saturated carbocycles. The fourth-order valence-corrected chi connectivity index (χ4v) is 2.40. The maximum absolute atomic E-state index is 12.4. The Hall–Kier alpha value is -2.07. The number of nitrogen functional groups attached to an aromatic ring is 1. The van der Waals surface area contributed by atoms with E-state index in [9.17, 15) is 4.79 Å². The molecule has 110 valence electrons. The highest BCUT2D eigenvalue weighted by molar-refractivity contribution is 6.33. The van der Waals surface area contributed by atoms with E-state index < -0.39 is 0 Å². The Labute approximate surface area is 129 Å². The molecule has 3 N–H and O–H groups in total. The summed E-state index contributed by atoms with van der Waals surface area (Å²) in [4.78, 5) is 16.3. The first kappa shape index (κ1) is 15.3. The molecule has 1 heterocycles. The molecule has 0 radical (unpaired) electrons. The summed E-state index contributed by atoms with van der Waals surface area (Å²) in [6.45, 7) is 4.11. The van der Waals surface area contributed by atoms with Crippen LogP contribution in [0.3, 0.4) is 0 Å². The lowest BCUT2D eigenvalue weighted by Gasteiger charge is -2.14. The van der Waals surface area contributed by atoms with Crippen molar-refractivity contribution >= 4 is 28.9 Å². The average molecular weight is 304 g/mol. The van der Waals surface area contributed by atoms with Gasteiger partial charge in [-0.2, -0.15) is 0 Å². The van der Waals surface area contributed by atoms with Gasteiger partial charge in [-0.05, 0) is 30.0 Å². The van der Waals surface area contributed by atoms with Gasteiger partial charge in [-0.1, -0.05) is 43.6 Å². The van der Waals surface area contributed by atoms with E-state index in [0.29, 0.717) is 5.69 Å². The number of aromatic nitrogens is 1. The number of nitrogens with two attached hydrogens (primary N) is 1. The number of anilines is 2. The van der Waals surface area contributed by atoms with Crippen LogP contribution in [0.1, 0.15) is 35.3 Å². The number of halogens is 1. The second-order valence-electron chi connectivity index (χ2n) is 4.72. The van der Waals surface area contributed by atoms with Crippen molar-refractivity contribution in [3.63, 3.8) is 0 Å². The van der Waals surface area contributed by atoms with Crippen LogP contribution in [-0.4, -0.2) is 10.9 Å². The van der Waals surface area contributed by atoms with Crippen molar-refractivity contribution in [1.82, 2.24) is 4.98 Å². The van der Waals surface area contributed by atoms with Crippen LogP contribution in [0.4, 0.5) is 11.4 Å². The van der Waals surface area contributed by atoms with Gasteiger partial charge < -0.3 is 11.1 Å². The number of nitrogens with zero attached hydrogens (tertiary/aromatic N) is 1. The Bertz CT molecular complexity index is 648. The van der Waals surface area contributed by atoms with Crippen molar-refractivity contribution in [1.29, 1.82) is 0 Å². The molecule has 0 bridgehead atoms. The number of carbonyl (C=O) groups excluding carboxylic acids is 1. The minimum atomic E-state index is -0.296. The van der Waals surface area contributed by atoms with Gasteiger partial charge >= 0.3 is 0 Å². The number of rotatable bonds is 4. The van der Waals surface area contributed by atoms with Crippen molar-refractivity contribution in [2.75, 3.05) is 11.1 Å². The molecule has 0 aliphatic heterocycles. The summed E-state index contributed by atoms with van der Waals surface area (Å²) >= 11 is 5.98. The molecule has 1 amide bonds. The molecular formula is C16H18ClN3O. The summed E-state index contributed by atoms with van der Waals surface area (Å²) in [5, 5.41) is 3.09. The van der Waals surface area contributed by atoms with Crippen molar-refractivity contribution in [3.05, 3.63) is 52.3 Å². The summed E-state index contributed by atoms with van der Waals surface area (Å²) in [5.74, 6) is -0.296. The van der Waals surface area contributed by atoms with Crippen LogP contribution in [0.25, 0.3) is 0 Å². The zero-order valence-electron chi connectivity index (χ0n) is 12.1. The molecule has 0 fully saturated rings. The summed E-state index contributed by atoms with van der Waals surface area (Å²) in [6, 6.07) is 7.55. The zero-order chi connectivity index (χ0) is 15.4. The van der Waals surface area contributed by atoms with Crippen molar-refractivity contribution in [3.8, 4) is 0 Å². The van der Waals surface area contributed by atoms with E-state index >= 15 is 0 Å². The summed E-state index contributed by atoms with van der Waals surface area (Å²) in [5.41, 5.74) is 9.40. The Morgan fingerprint density at radius 3 is 2.48 bits per heavy atom. The number of aryl methyl sites for hydroxylation is 2. The second-order valence-corrected chi connectivity index (χ2v) is 5.08. The predicted octanol–water partition coefficient (Wildman–Crippen LogP) is 3.69. The molecule has 1 aromatic heterocycles. The van der Waals surface area contributed by atoms with Gasteiger partial charge in [0.25, 0.3) is 5.91 Å². The molecule has 0 aliphatic rings. The van der Waals surface area contributed by atoms with Crippen LogP contribution in [0.5, 0.6) is 0 Å². The lowest BCUT2D eigenvalue weighted by atomic mass is 10.0. The third-order valence-electron chi connectivity index (χ3n) is 3.34. The second kappa shape index (κ2) is 6.59. The molecule has 1 aromatic carbocycles. The van der Waals surface area contributed by atoms with Gasteiger partial charge in [0.15, 0.2) is 0 Å². The van der Waals surface area contributed by atoms with Crippen LogP contribution in [-0.2, 0) is 12.8 Å². The SMILES string of the molecule is CCc1cccc(CC)c1NC(=O)c1cc(N)cnc1Cl. The quantitative estimate of drug-likeness (QED) is 0.846. The normalized spacial score (nSPS) is 10.4. The van der Waals surface area contributed by atoms with Crippen LogP contribution < -0.4 is 11.1 Å². The fraction of sp³-hybridized carbons (Fsp3) is 0.250. The highest BCUT2D eigenvalue weighted by Crippen LogP contribution is 2.24. The van der Waals surface area contributed by atoms with E-state index in [-0.39, 0.29) is 16.6 Å². The van der Waals surface area contributed by atoms with Gasteiger partial charge in [-0.15, -0.1) is 0 Å². The molecule has 2 aromatic rings. The van der Waals surface area contributed by atoms with E-state index in [4.69, 9.17) is 17.3 Å². The van der Waals surface area contributed by atoms with Crippen molar-refractivity contribution < 1.29 is 4.79 Å². The number of benzene rings is 1. The van der Waals surface area contributed by atoms with Crippen LogP contribution in [0, 0.1) is 0 Å². The highest BCUT2D eigenvalue weighted by Gasteiger charge is 2.15. The number of hydrogen-bond donors (Lipinski definition) is 2. The molecule has 5 heteroatoms. The maximum atomic E-state index is 12.4. The standard InChI is InChI=1S/C16H18ClN3O/c1-3-10-6-5-7-11(4-2)14(10)20-16(21)13-8-12(18)9-19-15(13)17/h5-9H,3-4,18H2,1-2H3,(H,20,21). The van der Waals surface area contributed by atoms with Gasteiger partial charge in [0.2, 0.25) is 0 Å². The molecule has 0 unspecified atom stereocenters. The third-order valence-corrected chi connectivity index (χ3v) is 3.64. The Morgan fingerprint density at radius 2 is 1.90 bits per heavy atom. The van der Waals surface area contributed by atoms with E-state index in [2.05, 4.69) is 24.1 Å². The first-order valence-electron chi connectivity index (χ1n) is 6.89. The first-order valence-corrected chi connectivity index (χ1v) is 7.27. The number of para-hydroxylation sites is 1. The first-order chi connectivity index (χ1) is 10.1. The number of pyridine rings is 1. The van der Waals surface area contributed by atoms with Gasteiger partial charge in [0.05, 0.1) is 17.4 Å². The van der Waals surface area contributed by atoms with Gasteiger partial charge in [-0.3, -0.25) is 4.79 Å². The van der Waals surface area contributed by atoms with E-state index in [1.807, 2.05) is 18.2 Å². The number of amides is 1. The van der Waals surface area contributed by atoms with Crippen molar-refractivity contribution in [2.24, 2.45) is 0 Å². The topological polar surface area (TPSA) is 68.0 Å². The third kappa shape index (κ3) is 3.34. The highest BCUT2D eigenvalue weighted by atomic mass is 35.5. The molecule has 0 atom stereocenters. The van der Waals surface area contributed by atoms with Gasteiger partial charge in [-0.25, -0.2) is 4.98 Å². The lowest BCUT2D eigenvalue weighted by Crippen LogP contribution is -2.16. The van der Waals surface area contributed by atoms with Crippen LogP contribution in [0.2, 0.25) is 5.15 Å². The predicted molar refractivity (Wildman–Crippen MR) is 86.8 cm³/mol. The Kier molecular flexibility index (Phi) is 4.81. The van der Waals surface area contributed by atoms with Crippen LogP contribution in [0.15, 0.2) is 30.5 Å². The summed E-state index contributed by atoms with van der Waals surface area (Å²) in [7, 11) is 0. The molecule has 2 rings (SSSR count). The minimum absolute atomic E-state index is 0.147. The monoisotopic (exact) mass is 303 g/mol. The molecule has 4 nitrogen and oxygen atoms in total. The molecule has 0 spiro atoms. The molecule has 0 saturated heterocycles. The largest absolute Gasteiger partial charge is 0.397 e. The molecular weight excluding hydrogens is 286 g/mol. The lowest BCUT2D eigenvalue weighted by molar-refractivity contribution is 0.102. The van der Waals surface area contributed by atoms with Gasteiger partial charge in [0, 0.05) is 5.69 Å². The number of nitrogens with one attached hydrogen (secondary N) is 1. The summed E-state index contributed by atoms with van der Waals surface area (Å²) < 4.78 is 0. The summed E-state index contributed by atoms with van der Waals surface area (Å²) in [6.07, 6.45) is 3.11. The molecule has 21 heavy (non-hydrogen) atoms. The zero-order valence-corrected chi connectivity index (χ0v) is 12.9. The Morgan fingerprint density at radius 1 is 1.29 bits per heavy atom. The minimum Gasteiger partial charge on any atom is -0.397 e. The fourth-order valence-electron chi connectivity index (χ4n) is 2.21. The van der Waals surface area contributed by atoms with Crippen molar-refractivity contribution in [2.45, 2.75) is 26.7 Å². The average Bonchev–Trinajstić information content (AvgIpc) is 2.49. The van der Waals surface area contributed by atoms with Gasteiger partial charge in [0.1, 0.15) is 5.15 Å². The van der Waals surface area contributed by atoms with E-state index in [0.717, 1.165) is 29.7 Å². The smallest absolute Gasteiger partial charge is 0.258 e. The number of carbonyl (C=O) groups is 1. The number of hydrogen-bond acceptors (Lipinski definition) is 3. The van der Waals surface area contributed by atoms with E-state index in [1.165, 1.54) is 12.3 Å². The molecule has 0 aliphatic carbocycles.